The van der Waals surface area contributed by atoms with Gasteiger partial charge in [-0.15, -0.1) is 0 Å². The Balaban J connectivity index is 2.04. The van der Waals surface area contributed by atoms with Gasteiger partial charge in [-0.2, -0.15) is 0 Å². The monoisotopic (exact) mass is 329 g/mol. The minimum Gasteiger partial charge on any atom is -0.497 e. The molecule has 0 aromatic heterocycles. The standard InChI is InChI=1S/C18H19NO5/c1-22-15-8-14(9-16(10-15)23-2)17(20)19-11-12-4-6-13(7-5-12)18(21)24-3/h4-10H,11H2,1-3H3,(H,19,20). The van der Waals surface area contributed by atoms with Crippen molar-refractivity contribution in [2.24, 2.45) is 0 Å². The second-order valence-electron chi connectivity index (χ2n) is 4.97. The van der Waals surface area contributed by atoms with Crippen LogP contribution in [0, 0.1) is 0 Å². The minimum atomic E-state index is -0.394. The van der Waals surface area contributed by atoms with E-state index in [0.29, 0.717) is 29.2 Å². The number of ether oxygens (including phenoxy) is 3. The molecule has 0 bridgehead atoms. The number of carbonyl (C=O) groups is 2. The summed E-state index contributed by atoms with van der Waals surface area (Å²) < 4.78 is 14.9. The number of nitrogens with one attached hydrogen (secondary N) is 1. The first kappa shape index (κ1) is 17.3. The normalized spacial score (nSPS) is 9.96. The third kappa shape index (κ3) is 4.25. The summed E-state index contributed by atoms with van der Waals surface area (Å²) >= 11 is 0. The third-order valence-electron chi connectivity index (χ3n) is 3.44. The van der Waals surface area contributed by atoms with Crippen LogP contribution >= 0.6 is 0 Å². The predicted molar refractivity (Wildman–Crippen MR) is 88.5 cm³/mol. The summed E-state index contributed by atoms with van der Waals surface area (Å²) in [5.74, 6) is 0.446. The van der Waals surface area contributed by atoms with Gasteiger partial charge in [-0.05, 0) is 29.8 Å². The van der Waals surface area contributed by atoms with E-state index in [4.69, 9.17) is 9.47 Å². The molecule has 0 aliphatic rings. The second-order valence-corrected chi connectivity index (χ2v) is 4.97. The maximum absolute atomic E-state index is 12.3. The van der Waals surface area contributed by atoms with Crippen LogP contribution < -0.4 is 14.8 Å². The zero-order valence-corrected chi connectivity index (χ0v) is 13.8. The summed E-state index contributed by atoms with van der Waals surface area (Å²) in [6, 6.07) is 11.8. The Morgan fingerprint density at radius 1 is 0.875 bits per heavy atom. The van der Waals surface area contributed by atoms with Crippen LogP contribution in [0.3, 0.4) is 0 Å². The van der Waals surface area contributed by atoms with Crippen molar-refractivity contribution in [3.63, 3.8) is 0 Å². The van der Waals surface area contributed by atoms with Crippen molar-refractivity contribution in [2.45, 2.75) is 6.54 Å². The lowest BCUT2D eigenvalue weighted by Crippen LogP contribution is -2.22. The summed E-state index contributed by atoms with van der Waals surface area (Å²) in [6.45, 7) is 0.333. The van der Waals surface area contributed by atoms with E-state index in [-0.39, 0.29) is 5.91 Å². The molecule has 0 atom stereocenters. The third-order valence-corrected chi connectivity index (χ3v) is 3.44. The molecule has 0 unspecified atom stereocenters. The summed E-state index contributed by atoms with van der Waals surface area (Å²) in [4.78, 5) is 23.7. The second kappa shape index (κ2) is 8.01. The number of hydrogen-bond donors (Lipinski definition) is 1. The Labute approximate surface area is 140 Å². The van der Waals surface area contributed by atoms with Crippen molar-refractivity contribution in [3.8, 4) is 11.5 Å². The maximum Gasteiger partial charge on any atom is 0.337 e. The first-order valence-corrected chi connectivity index (χ1v) is 7.26. The van der Waals surface area contributed by atoms with Crippen LogP contribution in [0.5, 0.6) is 11.5 Å². The molecule has 0 spiro atoms. The van der Waals surface area contributed by atoms with Crippen LogP contribution in [0.25, 0.3) is 0 Å². The first-order valence-electron chi connectivity index (χ1n) is 7.26. The van der Waals surface area contributed by atoms with Crippen molar-refractivity contribution in [1.82, 2.24) is 5.32 Å². The van der Waals surface area contributed by atoms with E-state index in [2.05, 4.69) is 10.1 Å². The van der Waals surface area contributed by atoms with Gasteiger partial charge in [-0.1, -0.05) is 12.1 Å². The molecule has 0 saturated carbocycles. The van der Waals surface area contributed by atoms with Gasteiger partial charge in [0.25, 0.3) is 5.91 Å². The molecule has 1 amide bonds. The Hall–Kier alpha value is -3.02. The zero-order valence-electron chi connectivity index (χ0n) is 13.8. The zero-order chi connectivity index (χ0) is 17.5. The Bertz CT molecular complexity index is 702. The number of methoxy groups -OCH3 is 3. The topological polar surface area (TPSA) is 73.9 Å². The van der Waals surface area contributed by atoms with Crippen molar-refractivity contribution in [2.75, 3.05) is 21.3 Å². The van der Waals surface area contributed by atoms with E-state index < -0.39 is 5.97 Å². The van der Waals surface area contributed by atoms with Crippen molar-refractivity contribution < 1.29 is 23.8 Å². The van der Waals surface area contributed by atoms with Crippen molar-refractivity contribution in [3.05, 3.63) is 59.2 Å². The molecule has 0 fully saturated rings. The van der Waals surface area contributed by atoms with Crippen LogP contribution in [-0.4, -0.2) is 33.2 Å². The Morgan fingerprint density at radius 2 is 1.46 bits per heavy atom. The molecule has 2 aromatic carbocycles. The predicted octanol–water partition coefficient (Wildman–Crippen LogP) is 2.42. The van der Waals surface area contributed by atoms with Gasteiger partial charge >= 0.3 is 5.97 Å². The number of esters is 1. The highest BCUT2D eigenvalue weighted by molar-refractivity contribution is 5.95. The molecule has 2 rings (SSSR count). The molecule has 0 saturated heterocycles. The molecular formula is C18H19NO5. The molecule has 0 heterocycles. The van der Waals surface area contributed by atoms with Gasteiger partial charge in [0, 0.05) is 18.2 Å². The fourth-order valence-electron chi connectivity index (χ4n) is 2.10. The van der Waals surface area contributed by atoms with Crippen LogP contribution in [0.4, 0.5) is 0 Å². The van der Waals surface area contributed by atoms with Crippen molar-refractivity contribution >= 4 is 11.9 Å². The lowest BCUT2D eigenvalue weighted by atomic mass is 10.1. The summed E-state index contributed by atoms with van der Waals surface area (Å²) in [6.07, 6.45) is 0. The molecule has 0 radical (unpaired) electrons. The highest BCUT2D eigenvalue weighted by Gasteiger charge is 2.10. The van der Waals surface area contributed by atoms with Gasteiger partial charge < -0.3 is 19.5 Å². The van der Waals surface area contributed by atoms with E-state index in [1.807, 2.05) is 0 Å². The van der Waals surface area contributed by atoms with E-state index >= 15 is 0 Å². The molecule has 0 aliphatic carbocycles. The number of benzene rings is 2. The van der Waals surface area contributed by atoms with E-state index in [1.54, 1.807) is 42.5 Å². The number of rotatable bonds is 6. The Kier molecular flexibility index (Phi) is 5.78. The average Bonchev–Trinajstić information content (AvgIpc) is 2.65. The maximum atomic E-state index is 12.3. The van der Waals surface area contributed by atoms with Gasteiger partial charge in [-0.25, -0.2) is 4.79 Å². The molecule has 6 nitrogen and oxygen atoms in total. The first-order chi connectivity index (χ1) is 11.6. The smallest absolute Gasteiger partial charge is 0.337 e. The molecule has 2 aromatic rings. The van der Waals surface area contributed by atoms with Crippen LogP contribution in [0.1, 0.15) is 26.3 Å². The quantitative estimate of drug-likeness (QED) is 0.824. The van der Waals surface area contributed by atoms with E-state index in [0.717, 1.165) is 5.56 Å². The molecule has 24 heavy (non-hydrogen) atoms. The van der Waals surface area contributed by atoms with E-state index in [9.17, 15) is 9.59 Å². The average molecular weight is 329 g/mol. The van der Waals surface area contributed by atoms with Gasteiger partial charge in [-0.3, -0.25) is 4.79 Å². The van der Waals surface area contributed by atoms with Crippen LogP contribution in [-0.2, 0) is 11.3 Å². The largest absolute Gasteiger partial charge is 0.497 e. The van der Waals surface area contributed by atoms with Crippen LogP contribution in [0.2, 0.25) is 0 Å². The van der Waals surface area contributed by atoms with Gasteiger partial charge in [0.05, 0.1) is 26.9 Å². The van der Waals surface area contributed by atoms with Gasteiger partial charge in [0.15, 0.2) is 0 Å². The molecular weight excluding hydrogens is 310 g/mol. The summed E-state index contributed by atoms with van der Waals surface area (Å²) in [5.41, 5.74) is 1.77. The Morgan fingerprint density at radius 3 is 1.96 bits per heavy atom. The number of hydrogen-bond acceptors (Lipinski definition) is 5. The van der Waals surface area contributed by atoms with Gasteiger partial charge in [0.1, 0.15) is 11.5 Å². The lowest BCUT2D eigenvalue weighted by Gasteiger charge is -2.09. The van der Waals surface area contributed by atoms with Crippen molar-refractivity contribution in [1.29, 1.82) is 0 Å². The molecule has 6 heteroatoms. The fraction of sp³-hybridized carbons (Fsp3) is 0.222. The molecule has 126 valence electrons. The summed E-state index contributed by atoms with van der Waals surface area (Å²) in [5, 5.41) is 2.81. The lowest BCUT2D eigenvalue weighted by molar-refractivity contribution is 0.0600. The molecule has 1 N–H and O–H groups in total. The number of carbonyl (C=O) groups excluding carboxylic acids is 2. The number of amides is 1. The highest BCUT2D eigenvalue weighted by Crippen LogP contribution is 2.22. The van der Waals surface area contributed by atoms with Crippen LogP contribution in [0.15, 0.2) is 42.5 Å². The highest BCUT2D eigenvalue weighted by atomic mass is 16.5. The summed E-state index contributed by atoms with van der Waals surface area (Å²) in [7, 11) is 4.39. The SMILES string of the molecule is COC(=O)c1ccc(CNC(=O)c2cc(OC)cc(OC)c2)cc1. The van der Waals surface area contributed by atoms with Gasteiger partial charge in [0.2, 0.25) is 0 Å². The minimum absolute atomic E-state index is 0.246. The molecule has 0 aliphatic heterocycles. The fourth-order valence-corrected chi connectivity index (χ4v) is 2.10. The van der Waals surface area contributed by atoms with E-state index in [1.165, 1.54) is 21.3 Å².